The van der Waals surface area contributed by atoms with E-state index in [1.165, 1.54) is 0 Å². The van der Waals surface area contributed by atoms with E-state index in [1.54, 1.807) is 13.2 Å². The van der Waals surface area contributed by atoms with Crippen molar-refractivity contribution in [2.45, 2.75) is 27.2 Å². The molecule has 13 heavy (non-hydrogen) atoms. The summed E-state index contributed by atoms with van der Waals surface area (Å²) in [5.41, 5.74) is 0.962. The fourth-order valence-electron chi connectivity index (χ4n) is 1.37. The van der Waals surface area contributed by atoms with E-state index < -0.39 is 0 Å². The average molecular weight is 180 g/mol. The molecule has 1 aliphatic rings. The molecule has 0 amide bonds. The number of ketones is 1. The number of methoxy groups -OCH3 is 1. The lowest BCUT2D eigenvalue weighted by Crippen LogP contribution is -2.17. The minimum atomic E-state index is -0.0298. The summed E-state index contributed by atoms with van der Waals surface area (Å²) in [7, 11) is 1.64. The van der Waals surface area contributed by atoms with E-state index in [9.17, 15) is 4.79 Å². The van der Waals surface area contributed by atoms with Crippen LogP contribution in [0.1, 0.15) is 27.2 Å². The van der Waals surface area contributed by atoms with Crippen molar-refractivity contribution in [3.8, 4) is 0 Å². The van der Waals surface area contributed by atoms with Crippen molar-refractivity contribution in [3.05, 3.63) is 23.5 Å². The highest BCUT2D eigenvalue weighted by atomic mass is 16.5. The van der Waals surface area contributed by atoms with Gasteiger partial charge in [0.1, 0.15) is 5.76 Å². The fourth-order valence-corrected chi connectivity index (χ4v) is 1.37. The quantitative estimate of drug-likeness (QED) is 0.619. The molecule has 0 atom stereocenters. The van der Waals surface area contributed by atoms with Gasteiger partial charge in [0.15, 0.2) is 5.78 Å². The Morgan fingerprint density at radius 2 is 2.00 bits per heavy atom. The molecule has 0 spiro atoms. The summed E-state index contributed by atoms with van der Waals surface area (Å²) in [6, 6.07) is 0. The van der Waals surface area contributed by atoms with E-state index in [0.29, 0.717) is 6.42 Å². The van der Waals surface area contributed by atoms with Gasteiger partial charge >= 0.3 is 0 Å². The fraction of sp³-hybridized carbons (Fsp3) is 0.545. The maximum atomic E-state index is 11.2. The summed E-state index contributed by atoms with van der Waals surface area (Å²) in [4.78, 5) is 11.2. The SMILES string of the molecule is COC1=CCC(=O)C=C1C(C)(C)C. The van der Waals surface area contributed by atoms with E-state index in [1.807, 2.05) is 6.08 Å². The third-order valence-electron chi connectivity index (χ3n) is 2.09. The molecule has 0 aromatic heterocycles. The summed E-state index contributed by atoms with van der Waals surface area (Å²) in [6.45, 7) is 6.22. The minimum absolute atomic E-state index is 0.0298. The lowest BCUT2D eigenvalue weighted by atomic mass is 9.82. The highest BCUT2D eigenvalue weighted by molar-refractivity contribution is 5.93. The molecule has 0 bridgehead atoms. The van der Waals surface area contributed by atoms with Crippen LogP contribution in [-0.2, 0) is 9.53 Å². The molecule has 0 saturated carbocycles. The van der Waals surface area contributed by atoms with E-state index in [4.69, 9.17) is 4.74 Å². The molecule has 2 nitrogen and oxygen atoms in total. The van der Waals surface area contributed by atoms with Crippen LogP contribution >= 0.6 is 0 Å². The van der Waals surface area contributed by atoms with Crippen LogP contribution in [0.3, 0.4) is 0 Å². The van der Waals surface area contributed by atoms with Crippen molar-refractivity contribution in [3.63, 3.8) is 0 Å². The van der Waals surface area contributed by atoms with Crippen LogP contribution in [0.25, 0.3) is 0 Å². The molecule has 0 fully saturated rings. The first kappa shape index (κ1) is 10.0. The number of allylic oxidation sites excluding steroid dienone is 3. The molecule has 0 saturated heterocycles. The van der Waals surface area contributed by atoms with Crippen LogP contribution < -0.4 is 0 Å². The Hall–Kier alpha value is -1.05. The molecule has 0 heterocycles. The van der Waals surface area contributed by atoms with Crippen LogP contribution in [-0.4, -0.2) is 12.9 Å². The first-order valence-corrected chi connectivity index (χ1v) is 4.44. The topological polar surface area (TPSA) is 26.3 Å². The van der Waals surface area contributed by atoms with E-state index >= 15 is 0 Å². The van der Waals surface area contributed by atoms with Gasteiger partial charge in [-0.15, -0.1) is 0 Å². The zero-order valence-electron chi connectivity index (χ0n) is 8.68. The van der Waals surface area contributed by atoms with Gasteiger partial charge in [-0.1, -0.05) is 20.8 Å². The Labute approximate surface area is 79.3 Å². The van der Waals surface area contributed by atoms with Crippen molar-refractivity contribution in [2.24, 2.45) is 5.41 Å². The largest absolute Gasteiger partial charge is 0.497 e. The zero-order chi connectivity index (χ0) is 10.1. The van der Waals surface area contributed by atoms with Gasteiger partial charge in [0.2, 0.25) is 0 Å². The second-order valence-electron chi connectivity index (χ2n) is 4.25. The summed E-state index contributed by atoms with van der Waals surface area (Å²) in [5.74, 6) is 0.998. The maximum Gasteiger partial charge on any atom is 0.160 e. The molecule has 1 aliphatic carbocycles. The van der Waals surface area contributed by atoms with Gasteiger partial charge < -0.3 is 4.74 Å². The molecule has 1 rings (SSSR count). The third kappa shape index (κ3) is 2.20. The van der Waals surface area contributed by atoms with Gasteiger partial charge in [-0.2, -0.15) is 0 Å². The van der Waals surface area contributed by atoms with Crippen LogP contribution in [0.5, 0.6) is 0 Å². The van der Waals surface area contributed by atoms with Gasteiger partial charge in [-0.25, -0.2) is 0 Å². The van der Waals surface area contributed by atoms with Crippen molar-refractivity contribution < 1.29 is 9.53 Å². The molecule has 0 N–H and O–H groups in total. The standard InChI is InChI=1S/C11H16O2/c1-11(2,3)9-7-8(12)5-6-10(9)13-4/h6-7H,5H2,1-4H3. The third-order valence-corrected chi connectivity index (χ3v) is 2.09. The minimum Gasteiger partial charge on any atom is -0.497 e. The average Bonchev–Trinajstić information content (AvgIpc) is 2.03. The molecular weight excluding hydrogens is 164 g/mol. The Morgan fingerprint density at radius 3 is 2.46 bits per heavy atom. The normalized spacial score (nSPS) is 18.0. The van der Waals surface area contributed by atoms with Crippen molar-refractivity contribution >= 4 is 5.78 Å². The van der Waals surface area contributed by atoms with Crippen molar-refractivity contribution in [1.29, 1.82) is 0 Å². The van der Waals surface area contributed by atoms with Crippen molar-refractivity contribution in [2.75, 3.05) is 7.11 Å². The van der Waals surface area contributed by atoms with Gasteiger partial charge in [-0.05, 0) is 17.6 Å². The van der Waals surface area contributed by atoms with E-state index in [-0.39, 0.29) is 11.2 Å². The van der Waals surface area contributed by atoms with Gasteiger partial charge in [-0.3, -0.25) is 4.79 Å². The Bertz CT molecular complexity index is 277. The number of hydrogen-bond donors (Lipinski definition) is 0. The van der Waals surface area contributed by atoms with Crippen LogP contribution in [0.4, 0.5) is 0 Å². The molecule has 0 unspecified atom stereocenters. The first-order valence-electron chi connectivity index (χ1n) is 4.44. The molecular formula is C11H16O2. The summed E-state index contributed by atoms with van der Waals surface area (Å²) in [5, 5.41) is 0. The second kappa shape index (κ2) is 3.36. The molecule has 0 aromatic carbocycles. The Kier molecular flexibility index (Phi) is 2.60. The first-order chi connectivity index (χ1) is 5.95. The summed E-state index contributed by atoms with van der Waals surface area (Å²) < 4.78 is 5.22. The van der Waals surface area contributed by atoms with Crippen LogP contribution in [0.15, 0.2) is 23.5 Å². The maximum absolute atomic E-state index is 11.2. The number of ether oxygens (including phenoxy) is 1. The van der Waals surface area contributed by atoms with Gasteiger partial charge in [0.25, 0.3) is 0 Å². The predicted octanol–water partition coefficient (Wildman–Crippen LogP) is 2.46. The number of carbonyl (C=O) groups is 1. The molecule has 0 aliphatic heterocycles. The second-order valence-corrected chi connectivity index (χ2v) is 4.25. The van der Waals surface area contributed by atoms with E-state index in [0.717, 1.165) is 11.3 Å². The summed E-state index contributed by atoms with van der Waals surface area (Å²) >= 11 is 0. The number of rotatable bonds is 1. The molecule has 72 valence electrons. The Balaban J connectivity index is 3.03. The predicted molar refractivity (Wildman–Crippen MR) is 52.3 cm³/mol. The molecule has 2 heteroatoms. The van der Waals surface area contributed by atoms with Crippen LogP contribution in [0, 0.1) is 5.41 Å². The molecule has 0 radical (unpaired) electrons. The highest BCUT2D eigenvalue weighted by Gasteiger charge is 2.24. The Morgan fingerprint density at radius 1 is 1.38 bits per heavy atom. The van der Waals surface area contributed by atoms with Crippen molar-refractivity contribution in [1.82, 2.24) is 0 Å². The summed E-state index contributed by atoms with van der Waals surface area (Å²) in [6.07, 6.45) is 4.00. The zero-order valence-corrected chi connectivity index (χ0v) is 8.68. The van der Waals surface area contributed by atoms with E-state index in [2.05, 4.69) is 20.8 Å². The monoisotopic (exact) mass is 180 g/mol. The highest BCUT2D eigenvalue weighted by Crippen LogP contribution is 2.33. The number of hydrogen-bond acceptors (Lipinski definition) is 2. The molecule has 0 aromatic rings. The lowest BCUT2D eigenvalue weighted by Gasteiger charge is -2.26. The smallest absolute Gasteiger partial charge is 0.160 e. The van der Waals surface area contributed by atoms with Crippen LogP contribution in [0.2, 0.25) is 0 Å². The lowest BCUT2D eigenvalue weighted by molar-refractivity contribution is -0.114. The number of carbonyl (C=O) groups excluding carboxylic acids is 1. The van der Waals surface area contributed by atoms with Gasteiger partial charge in [0.05, 0.1) is 7.11 Å². The van der Waals surface area contributed by atoms with Gasteiger partial charge in [0, 0.05) is 12.0 Å².